The van der Waals surface area contributed by atoms with Gasteiger partial charge in [-0.05, 0) is 23.0 Å². The number of benzene rings is 1. The van der Waals surface area contributed by atoms with Crippen LogP contribution >= 0.6 is 11.3 Å². The Morgan fingerprint density at radius 1 is 1.14 bits per heavy atom. The Morgan fingerprint density at radius 3 is 2.71 bits per heavy atom. The Hall–Kier alpha value is -2.21. The second kappa shape index (κ2) is 4.67. The fraction of sp³-hybridized carbons (Fsp3) is 0.133. The highest BCUT2D eigenvalue weighted by Crippen LogP contribution is 2.38. The van der Waals surface area contributed by atoms with Gasteiger partial charge in [0.25, 0.3) is 5.91 Å². The summed E-state index contributed by atoms with van der Waals surface area (Å²) >= 11 is 1.50. The summed E-state index contributed by atoms with van der Waals surface area (Å²) in [5.74, 6) is -0.0326. The van der Waals surface area contributed by atoms with Crippen LogP contribution in [0.15, 0.2) is 47.7 Å². The van der Waals surface area contributed by atoms with Crippen LogP contribution in [0, 0.1) is 0 Å². The van der Waals surface area contributed by atoms with Gasteiger partial charge in [-0.15, -0.1) is 0 Å². The van der Waals surface area contributed by atoms with Gasteiger partial charge < -0.3 is 16.0 Å². The number of hydrogen-bond acceptors (Lipinski definition) is 4. The molecule has 0 saturated carbocycles. The molecule has 6 heteroatoms. The first kappa shape index (κ1) is 12.5. The van der Waals surface area contributed by atoms with Crippen LogP contribution in [-0.4, -0.2) is 20.3 Å². The van der Waals surface area contributed by atoms with Crippen LogP contribution in [0.4, 0.5) is 11.4 Å². The van der Waals surface area contributed by atoms with Gasteiger partial charge in [-0.3, -0.25) is 4.79 Å². The van der Waals surface area contributed by atoms with Crippen LogP contribution in [0.3, 0.4) is 0 Å². The highest BCUT2D eigenvalue weighted by molar-refractivity contribution is 7.20. The molecule has 1 amide bonds. The van der Waals surface area contributed by atoms with Gasteiger partial charge in [-0.2, -0.15) is 11.3 Å². The Labute approximate surface area is 127 Å². The monoisotopic (exact) mass is 293 g/mol. The highest BCUT2D eigenvalue weighted by atomic mass is 32.1. The zero-order valence-corrected chi connectivity index (χ0v) is 12.0. The third-order valence-corrected chi connectivity index (χ3v) is 4.71. The molecule has 3 N–H and O–H groups in total. The van der Waals surface area contributed by atoms with Crippen molar-refractivity contribution in [2.45, 2.75) is 6.04 Å². The van der Waals surface area contributed by atoms with Crippen LogP contribution in [0.1, 0.15) is 10.9 Å². The molecule has 0 fully saturated rings. The lowest BCUT2D eigenvalue weighted by Gasteiger charge is -2.18. The molecule has 2 aliphatic heterocycles. The van der Waals surface area contributed by atoms with Gasteiger partial charge in [-0.1, -0.05) is 18.2 Å². The number of fused-ring (bicyclic) bond motifs is 1. The lowest BCUT2D eigenvalue weighted by molar-refractivity contribution is -0.116. The maximum atomic E-state index is 12.2. The zero-order chi connectivity index (χ0) is 14.4. The number of carbonyl (C=O) groups is 1. The number of carbonyl (C=O) groups excluding carboxylic acids is 1. The second-order valence-electron chi connectivity index (χ2n) is 5.06. The van der Waals surface area contributed by atoms with E-state index in [1.807, 2.05) is 36.4 Å². The maximum absolute atomic E-state index is 12.2. The lowest BCUT2D eigenvalue weighted by Crippen LogP contribution is -2.23. The van der Waals surface area contributed by atoms with Crippen LogP contribution in [0.25, 0.3) is 0 Å². The van der Waals surface area contributed by atoms with E-state index in [4.69, 9.17) is 7.85 Å². The Morgan fingerprint density at radius 2 is 1.95 bits per heavy atom. The summed E-state index contributed by atoms with van der Waals surface area (Å²) in [6.07, 6.45) is 0. The molecule has 21 heavy (non-hydrogen) atoms. The summed E-state index contributed by atoms with van der Waals surface area (Å²) in [6, 6.07) is 11.6. The quantitative estimate of drug-likeness (QED) is 0.699. The average molecular weight is 293 g/mol. The van der Waals surface area contributed by atoms with Crippen molar-refractivity contribution in [3.05, 3.63) is 52.5 Å². The predicted molar refractivity (Wildman–Crippen MR) is 86.2 cm³/mol. The molecule has 1 atom stereocenters. The molecule has 102 valence electrons. The summed E-state index contributed by atoms with van der Waals surface area (Å²) in [6.45, 7) is 0.529. The van der Waals surface area contributed by atoms with E-state index in [0.717, 1.165) is 32.3 Å². The van der Waals surface area contributed by atoms with E-state index in [2.05, 4.69) is 16.0 Å². The molecular formula is C15H12BN3OS. The number of rotatable bonds is 1. The molecule has 1 aromatic carbocycles. The van der Waals surface area contributed by atoms with Gasteiger partial charge in [-0.25, -0.2) is 0 Å². The Kier molecular flexibility index (Phi) is 2.78. The van der Waals surface area contributed by atoms with Gasteiger partial charge in [0.15, 0.2) is 0 Å². The lowest BCUT2D eigenvalue weighted by atomic mass is 10.0. The van der Waals surface area contributed by atoms with Crippen molar-refractivity contribution in [2.75, 3.05) is 17.2 Å². The molecule has 1 unspecified atom stereocenters. The largest absolute Gasteiger partial charge is 0.371 e. The molecule has 2 radical (unpaired) electrons. The number of thiophene rings is 1. The Bertz CT molecular complexity index is 768. The van der Waals surface area contributed by atoms with Gasteiger partial charge in [0.2, 0.25) is 0 Å². The molecule has 0 spiro atoms. The third kappa shape index (κ3) is 2.03. The van der Waals surface area contributed by atoms with E-state index in [-0.39, 0.29) is 11.9 Å². The molecule has 2 aromatic rings. The standard InChI is InChI=1S/C15H12BN3OS/c16-12-6-5-11(21-12)14-13-10(7-17-15(13)20)18-8-3-1-2-4-9(8)19-14/h1-6,14,18-19H,7H2,(H,17,20). The molecule has 0 bridgehead atoms. The third-order valence-electron chi connectivity index (χ3n) is 3.73. The molecule has 2 aliphatic rings. The fourth-order valence-corrected chi connectivity index (χ4v) is 3.60. The van der Waals surface area contributed by atoms with Crippen molar-refractivity contribution in [3.8, 4) is 0 Å². The summed E-state index contributed by atoms with van der Waals surface area (Å²) in [5.41, 5.74) is 3.63. The van der Waals surface area contributed by atoms with E-state index in [1.54, 1.807) is 0 Å². The minimum Gasteiger partial charge on any atom is -0.371 e. The van der Waals surface area contributed by atoms with Crippen molar-refractivity contribution in [1.29, 1.82) is 0 Å². The molecule has 1 aromatic heterocycles. The maximum Gasteiger partial charge on any atom is 0.251 e. The predicted octanol–water partition coefficient (Wildman–Crippen LogP) is 1.50. The van der Waals surface area contributed by atoms with E-state index in [1.165, 1.54) is 11.3 Å². The van der Waals surface area contributed by atoms with Crippen molar-refractivity contribution >= 4 is 41.2 Å². The number of hydrogen-bond donors (Lipinski definition) is 3. The average Bonchev–Trinajstić information content (AvgIpc) is 3.01. The van der Waals surface area contributed by atoms with Crippen LogP contribution < -0.4 is 20.7 Å². The molecule has 4 nitrogen and oxygen atoms in total. The van der Waals surface area contributed by atoms with E-state index in [0.29, 0.717) is 6.54 Å². The van der Waals surface area contributed by atoms with Gasteiger partial charge in [0, 0.05) is 10.6 Å². The molecule has 0 aliphatic carbocycles. The van der Waals surface area contributed by atoms with Crippen LogP contribution in [-0.2, 0) is 4.79 Å². The topological polar surface area (TPSA) is 53.2 Å². The first-order chi connectivity index (χ1) is 10.2. The van der Waals surface area contributed by atoms with Crippen LogP contribution in [0.2, 0.25) is 0 Å². The number of anilines is 2. The molecular weight excluding hydrogens is 281 g/mol. The van der Waals surface area contributed by atoms with E-state index >= 15 is 0 Å². The Balaban J connectivity index is 1.86. The van der Waals surface area contributed by atoms with Crippen molar-refractivity contribution < 1.29 is 4.79 Å². The number of nitrogens with one attached hydrogen (secondary N) is 3. The first-order valence-electron chi connectivity index (χ1n) is 6.71. The molecule has 4 rings (SSSR count). The zero-order valence-electron chi connectivity index (χ0n) is 11.1. The van der Waals surface area contributed by atoms with Crippen LogP contribution in [0.5, 0.6) is 0 Å². The summed E-state index contributed by atoms with van der Waals surface area (Å²) in [4.78, 5) is 13.3. The fourth-order valence-electron chi connectivity index (χ4n) is 2.76. The smallest absolute Gasteiger partial charge is 0.251 e. The minimum absolute atomic E-state index is 0.0326. The molecule has 3 heterocycles. The second-order valence-corrected chi connectivity index (χ2v) is 6.21. The summed E-state index contributed by atoms with van der Waals surface area (Å²) < 4.78 is 0.748. The number of amides is 1. The SMILES string of the molecule is [B]c1ccc(C2Nc3ccccc3NC3=C2C(=O)NC3)s1. The van der Waals surface area contributed by atoms with Gasteiger partial charge in [0.1, 0.15) is 7.85 Å². The normalized spacial score (nSPS) is 20.0. The van der Waals surface area contributed by atoms with Gasteiger partial charge >= 0.3 is 0 Å². The first-order valence-corrected chi connectivity index (χ1v) is 7.53. The van der Waals surface area contributed by atoms with Crippen molar-refractivity contribution in [1.82, 2.24) is 5.32 Å². The summed E-state index contributed by atoms with van der Waals surface area (Å²) in [7, 11) is 5.85. The van der Waals surface area contributed by atoms with E-state index in [9.17, 15) is 4.79 Å². The van der Waals surface area contributed by atoms with Gasteiger partial charge in [0.05, 0.1) is 29.5 Å². The minimum atomic E-state index is -0.180. The van der Waals surface area contributed by atoms with Crippen molar-refractivity contribution in [2.24, 2.45) is 0 Å². The number of para-hydroxylation sites is 2. The highest BCUT2D eigenvalue weighted by Gasteiger charge is 2.34. The molecule has 0 saturated heterocycles. The van der Waals surface area contributed by atoms with E-state index < -0.39 is 0 Å². The summed E-state index contributed by atoms with van der Waals surface area (Å²) in [5, 5.41) is 9.71. The van der Waals surface area contributed by atoms with Crippen molar-refractivity contribution in [3.63, 3.8) is 0 Å².